The Bertz CT molecular complexity index is 1450. The van der Waals surface area contributed by atoms with Crippen molar-refractivity contribution in [2.45, 2.75) is 756 Å². The van der Waals surface area contributed by atoms with Crippen LogP contribution in [0.5, 0.6) is 0 Å². The summed E-state index contributed by atoms with van der Waals surface area (Å²) in [6.45, 7) is 33.2. The standard InChI is InChI=1S/3C42H87N.BH3O3/c3*1-4-7-10-13-16-19-22-25-28-31-34-37-40-43(41-38-35-32-29-26-23-20-17-14-11-8-5-2)42-39-36-33-30-27-24-21-18-15-12-9-6-3;2-1(3)4/h3*4-42H2,1-3H3;2-4H. The van der Waals surface area contributed by atoms with Crippen LogP contribution in [0.2, 0.25) is 0 Å². The van der Waals surface area contributed by atoms with Gasteiger partial charge in [-0.25, -0.2) is 0 Å². The van der Waals surface area contributed by atoms with Gasteiger partial charge in [0.25, 0.3) is 0 Å². The minimum absolute atomic E-state index is 1.37. The van der Waals surface area contributed by atoms with Gasteiger partial charge in [0, 0.05) is 0 Å². The Balaban J connectivity index is -0.000000918. The molecule has 0 aliphatic rings. The smallest absolute Gasteiger partial charge is 0.402 e. The minimum Gasteiger partial charge on any atom is -0.402 e. The summed E-state index contributed by atoms with van der Waals surface area (Å²) in [5.74, 6) is 0. The summed E-state index contributed by atoms with van der Waals surface area (Å²) in [6, 6.07) is 0. The molecule has 0 atom stereocenters. The van der Waals surface area contributed by atoms with Crippen molar-refractivity contribution in [1.29, 1.82) is 0 Å². The predicted molar refractivity (Wildman–Crippen MR) is 611 cm³/mol. The van der Waals surface area contributed by atoms with E-state index in [4.69, 9.17) is 15.1 Å². The molecule has 0 amide bonds. The van der Waals surface area contributed by atoms with Gasteiger partial charge in [-0.15, -0.1) is 0 Å². The second-order valence-corrected chi connectivity index (χ2v) is 43.9. The van der Waals surface area contributed by atoms with Crippen molar-refractivity contribution in [2.75, 3.05) is 58.9 Å². The molecule has 133 heavy (non-hydrogen) atoms. The zero-order valence-corrected chi connectivity index (χ0v) is 95.0. The van der Waals surface area contributed by atoms with Crippen molar-refractivity contribution < 1.29 is 15.1 Å². The van der Waals surface area contributed by atoms with Crippen LogP contribution < -0.4 is 0 Å². The molecule has 3 N–H and O–H groups in total. The highest BCUT2D eigenvalue weighted by Gasteiger charge is 2.11. The van der Waals surface area contributed by atoms with Gasteiger partial charge in [-0.05, 0) is 117 Å². The molecular formula is C126H264BN3O3. The third-order valence-electron chi connectivity index (χ3n) is 30.0. The van der Waals surface area contributed by atoms with Crippen LogP contribution in [-0.4, -0.2) is 96.0 Å². The highest BCUT2D eigenvalue weighted by atomic mass is 16.5. The molecule has 0 heterocycles. The maximum Gasteiger partial charge on any atom is 0.631 e. The van der Waals surface area contributed by atoms with Gasteiger partial charge >= 0.3 is 7.32 Å². The van der Waals surface area contributed by atoms with E-state index in [0.717, 1.165) is 0 Å². The average molecular weight is 1880 g/mol. The summed E-state index contributed by atoms with van der Waals surface area (Å²) in [6.07, 6.45) is 158. The molecule has 0 radical (unpaired) electrons. The van der Waals surface area contributed by atoms with Crippen molar-refractivity contribution in [2.24, 2.45) is 0 Å². The molecule has 0 aromatic carbocycles. The van der Waals surface area contributed by atoms with Crippen LogP contribution in [0.15, 0.2) is 0 Å². The molecule has 804 valence electrons. The highest BCUT2D eigenvalue weighted by molar-refractivity contribution is 6.30. The van der Waals surface area contributed by atoms with E-state index in [1.54, 1.807) is 0 Å². The van der Waals surface area contributed by atoms with Gasteiger partial charge in [0.15, 0.2) is 0 Å². The third-order valence-corrected chi connectivity index (χ3v) is 30.0. The Morgan fingerprint density at radius 3 is 0.188 bits per heavy atom. The first-order valence-corrected chi connectivity index (χ1v) is 64.0. The van der Waals surface area contributed by atoms with Crippen molar-refractivity contribution >= 4 is 7.32 Å². The summed E-state index contributed by atoms with van der Waals surface area (Å²) < 4.78 is 0. The van der Waals surface area contributed by atoms with Crippen LogP contribution in [0.25, 0.3) is 0 Å². The number of nitrogens with zero attached hydrogens (tertiary/aromatic N) is 3. The van der Waals surface area contributed by atoms with E-state index in [9.17, 15) is 0 Å². The molecule has 6 nitrogen and oxygen atoms in total. The van der Waals surface area contributed by atoms with E-state index < -0.39 is 7.32 Å². The summed E-state index contributed by atoms with van der Waals surface area (Å²) in [7, 11) is -2.17. The van der Waals surface area contributed by atoms with Crippen LogP contribution in [0.1, 0.15) is 756 Å². The largest absolute Gasteiger partial charge is 0.631 e. The first kappa shape index (κ1) is 139. The molecular weight excluding hydrogens is 1610 g/mol. The first-order chi connectivity index (χ1) is 65.8. The average Bonchev–Trinajstić information content (AvgIpc) is 1.00. The summed E-state index contributed by atoms with van der Waals surface area (Å²) >= 11 is 0. The van der Waals surface area contributed by atoms with Gasteiger partial charge in [-0.2, -0.15) is 0 Å². The quantitative estimate of drug-likeness (QED) is 0.0416. The second-order valence-electron chi connectivity index (χ2n) is 43.9. The van der Waals surface area contributed by atoms with Crippen molar-refractivity contribution in [1.82, 2.24) is 14.7 Å². The lowest BCUT2D eigenvalue weighted by atomic mass is 10.0. The SMILES string of the molecule is CCCCCCCCCCCCCCN(CCCCCCCCCCCCCC)CCCCCCCCCCCCCC.CCCCCCCCCCCCCCN(CCCCCCCCCCCCCC)CCCCCCCCCCCCCC.CCCCCCCCCCCCCCN(CCCCCCCCCCCCCC)CCCCCCCCCCCCCC.OB(O)O. The molecule has 0 spiro atoms. The van der Waals surface area contributed by atoms with Crippen LogP contribution >= 0.6 is 0 Å². The van der Waals surface area contributed by atoms with Crippen LogP contribution in [0.3, 0.4) is 0 Å². The Kier molecular flexibility index (Phi) is 142. The number of unbranched alkanes of at least 4 members (excludes halogenated alkanes) is 99. The van der Waals surface area contributed by atoms with E-state index in [-0.39, 0.29) is 0 Å². The fourth-order valence-corrected chi connectivity index (χ4v) is 20.6. The Morgan fingerprint density at radius 2 is 0.135 bits per heavy atom. The molecule has 0 aromatic rings. The lowest BCUT2D eigenvalue weighted by molar-refractivity contribution is 0.254. The molecule has 0 fully saturated rings. The minimum atomic E-state index is -2.17. The highest BCUT2D eigenvalue weighted by Crippen LogP contribution is 2.24. The molecule has 0 aliphatic carbocycles. The maximum atomic E-state index is 7.17. The lowest BCUT2D eigenvalue weighted by Gasteiger charge is -2.22. The van der Waals surface area contributed by atoms with Crippen molar-refractivity contribution in [3.8, 4) is 0 Å². The van der Waals surface area contributed by atoms with Gasteiger partial charge in [0.2, 0.25) is 0 Å². The Labute approximate surface area is 846 Å². The van der Waals surface area contributed by atoms with Gasteiger partial charge in [-0.1, -0.05) is 698 Å². The number of rotatable bonds is 117. The molecule has 0 bridgehead atoms. The van der Waals surface area contributed by atoms with E-state index >= 15 is 0 Å². The second kappa shape index (κ2) is 136. The van der Waals surface area contributed by atoms with Gasteiger partial charge in [0.05, 0.1) is 0 Å². The van der Waals surface area contributed by atoms with Crippen LogP contribution in [0.4, 0.5) is 0 Å². The molecule has 0 unspecified atom stereocenters. The van der Waals surface area contributed by atoms with E-state index in [1.807, 2.05) is 0 Å². The third kappa shape index (κ3) is 140. The van der Waals surface area contributed by atoms with Crippen molar-refractivity contribution in [3.63, 3.8) is 0 Å². The van der Waals surface area contributed by atoms with Crippen LogP contribution in [-0.2, 0) is 0 Å². The first-order valence-electron chi connectivity index (χ1n) is 64.0. The van der Waals surface area contributed by atoms with Crippen molar-refractivity contribution in [3.05, 3.63) is 0 Å². The van der Waals surface area contributed by atoms with Gasteiger partial charge < -0.3 is 29.8 Å². The van der Waals surface area contributed by atoms with E-state index in [2.05, 4.69) is 77.0 Å². The monoisotopic (exact) mass is 1880 g/mol. The summed E-state index contributed by atoms with van der Waals surface area (Å²) in [5.41, 5.74) is 0. The molecule has 0 saturated carbocycles. The van der Waals surface area contributed by atoms with E-state index in [0.29, 0.717) is 0 Å². The Morgan fingerprint density at radius 1 is 0.0902 bits per heavy atom. The topological polar surface area (TPSA) is 70.4 Å². The molecule has 0 aromatic heterocycles. The fourth-order valence-electron chi connectivity index (χ4n) is 20.6. The molecule has 0 rings (SSSR count). The number of hydrogen-bond donors (Lipinski definition) is 3. The van der Waals surface area contributed by atoms with Gasteiger partial charge in [-0.3, -0.25) is 0 Å². The normalized spacial score (nSPS) is 11.6. The Hall–Kier alpha value is -0.175. The number of hydrogen-bond acceptors (Lipinski definition) is 6. The van der Waals surface area contributed by atoms with E-state index in [1.165, 1.54) is 752 Å². The zero-order valence-electron chi connectivity index (χ0n) is 95.0. The predicted octanol–water partition coefficient (Wildman–Crippen LogP) is 44.1. The van der Waals surface area contributed by atoms with Gasteiger partial charge in [0.1, 0.15) is 0 Å². The molecule has 0 saturated heterocycles. The lowest BCUT2D eigenvalue weighted by Crippen LogP contribution is -2.27. The zero-order chi connectivity index (χ0) is 97.0. The maximum absolute atomic E-state index is 7.17. The molecule has 7 heteroatoms. The summed E-state index contributed by atoms with van der Waals surface area (Å²) in [5, 5.41) is 21.5. The van der Waals surface area contributed by atoms with Crippen LogP contribution in [0, 0.1) is 0 Å². The molecule has 0 aliphatic heterocycles. The fraction of sp³-hybridized carbons (Fsp3) is 1.00. The summed E-state index contributed by atoms with van der Waals surface area (Å²) in [4.78, 5) is 8.59.